The quantitative estimate of drug-likeness (QED) is 0.258. The van der Waals surface area contributed by atoms with Gasteiger partial charge in [-0.2, -0.15) is 0 Å². The van der Waals surface area contributed by atoms with Crippen molar-refractivity contribution in [3.05, 3.63) is 23.8 Å². The Hall–Kier alpha value is -1.58. The smallest absolute Gasteiger partial charge is 0.335 e. The summed E-state index contributed by atoms with van der Waals surface area (Å²) in [6.45, 7) is 1.42. The second-order valence-corrected chi connectivity index (χ2v) is 10.6. The van der Waals surface area contributed by atoms with Gasteiger partial charge in [0.1, 0.15) is 18.9 Å². The molecular weight excluding hydrogens is 414 g/mol. The van der Waals surface area contributed by atoms with Gasteiger partial charge in [-0.15, -0.1) is 0 Å². The van der Waals surface area contributed by atoms with Crippen molar-refractivity contribution in [2.75, 3.05) is 40.0 Å². The molecule has 1 aliphatic heterocycles. The molecule has 2 N–H and O–H groups in total. The van der Waals surface area contributed by atoms with Crippen LogP contribution in [0, 0.1) is 0 Å². The lowest BCUT2D eigenvalue weighted by atomic mass is 10.1. The molecule has 1 aromatic rings. The van der Waals surface area contributed by atoms with Crippen LogP contribution in [0.1, 0.15) is 42.5 Å². The number of ether oxygens (including phenoxy) is 1. The standard InChI is InChI=1S/C13H26NO2S2.C7H6O4/c1-14(2,3)9-10-16-13(15)7-5-4-6-12-8-11-17-18-12;8-5-2-1-4(7(10)11)3-6(5)9/h12H,4-11H2,1-3H3;1-3,8-9H,(H,10,11)/q+1;/p-1/t12-;/m1./s1. The number of hydrogen-bond acceptors (Lipinski definition) is 7. The Morgan fingerprint density at radius 2 is 2.00 bits per heavy atom. The molecule has 1 atom stereocenters. The second kappa shape index (κ2) is 12.9. The predicted octanol–water partition coefficient (Wildman–Crippen LogP) is 3.11. The Balaban J connectivity index is 0.000000326. The number of quaternary nitrogens is 1. The summed E-state index contributed by atoms with van der Waals surface area (Å²) in [4.78, 5) is 21.7. The minimum Gasteiger partial charge on any atom is -0.870 e. The summed E-state index contributed by atoms with van der Waals surface area (Å²) < 4.78 is 6.06. The normalized spacial score (nSPS) is 16.0. The van der Waals surface area contributed by atoms with E-state index in [1.54, 1.807) is 0 Å². The molecule has 1 heterocycles. The van der Waals surface area contributed by atoms with Gasteiger partial charge in [0.05, 0.1) is 26.7 Å². The van der Waals surface area contributed by atoms with Crippen LogP contribution in [0.4, 0.5) is 0 Å². The Morgan fingerprint density at radius 1 is 1.28 bits per heavy atom. The van der Waals surface area contributed by atoms with Crippen molar-refractivity contribution in [1.29, 1.82) is 0 Å². The van der Waals surface area contributed by atoms with Gasteiger partial charge < -0.3 is 24.5 Å². The summed E-state index contributed by atoms with van der Waals surface area (Å²) in [6, 6.07) is 3.08. The summed E-state index contributed by atoms with van der Waals surface area (Å²) in [5, 5.41) is 28.5. The van der Waals surface area contributed by atoms with E-state index < -0.39 is 17.5 Å². The number of carboxylic acids is 1. The van der Waals surface area contributed by atoms with E-state index in [4.69, 9.17) is 14.9 Å². The fraction of sp³-hybridized carbons (Fsp3) is 0.600. The van der Waals surface area contributed by atoms with E-state index in [-0.39, 0.29) is 11.5 Å². The van der Waals surface area contributed by atoms with E-state index in [0.29, 0.717) is 13.0 Å². The molecule has 0 radical (unpaired) electrons. The van der Waals surface area contributed by atoms with Crippen molar-refractivity contribution in [2.45, 2.75) is 37.4 Å². The van der Waals surface area contributed by atoms with Crippen molar-refractivity contribution in [1.82, 2.24) is 0 Å². The van der Waals surface area contributed by atoms with Gasteiger partial charge in [-0.3, -0.25) is 4.79 Å². The number of hydrogen-bond donors (Lipinski definition) is 2. The van der Waals surface area contributed by atoms with E-state index in [9.17, 15) is 14.7 Å². The van der Waals surface area contributed by atoms with Crippen LogP contribution < -0.4 is 5.11 Å². The summed E-state index contributed by atoms with van der Waals surface area (Å²) in [6.07, 6.45) is 5.31. The number of phenolic OH excluding ortho intramolecular Hbond substituents is 1. The number of carbonyl (C=O) groups is 2. The summed E-state index contributed by atoms with van der Waals surface area (Å²) in [5.41, 5.74) is -0.0953. The third kappa shape index (κ3) is 11.9. The van der Waals surface area contributed by atoms with Crippen molar-refractivity contribution >= 4 is 33.5 Å². The van der Waals surface area contributed by atoms with Gasteiger partial charge in [-0.1, -0.05) is 39.8 Å². The highest BCUT2D eigenvalue weighted by molar-refractivity contribution is 8.77. The molecule has 164 valence electrons. The summed E-state index contributed by atoms with van der Waals surface area (Å²) in [7, 11) is 10.3. The number of likely N-dealkylation sites (N-methyl/N-ethyl adjacent to an activating group) is 1. The highest BCUT2D eigenvalue weighted by Gasteiger charge is 2.16. The molecule has 1 aromatic carbocycles. The highest BCUT2D eigenvalue weighted by atomic mass is 33.1. The number of nitrogens with zero attached hydrogens (tertiary/aromatic N) is 1. The monoisotopic (exact) mass is 445 g/mol. The fourth-order valence-corrected chi connectivity index (χ4v) is 5.39. The molecule has 0 amide bonds. The number of carbonyl (C=O) groups excluding carboxylic acids is 1. The third-order valence-electron chi connectivity index (χ3n) is 4.12. The molecule has 1 fully saturated rings. The molecule has 1 aliphatic rings. The Morgan fingerprint density at radius 3 is 2.55 bits per heavy atom. The van der Waals surface area contributed by atoms with Crippen LogP contribution in [0.25, 0.3) is 0 Å². The minimum atomic E-state index is -1.17. The van der Waals surface area contributed by atoms with Gasteiger partial charge in [-0.05, 0) is 31.4 Å². The van der Waals surface area contributed by atoms with Gasteiger partial charge in [0.25, 0.3) is 0 Å². The number of carboxylic acid groups (broad SMARTS) is 1. The first-order valence-corrected chi connectivity index (χ1v) is 11.9. The number of rotatable bonds is 9. The van der Waals surface area contributed by atoms with E-state index in [0.717, 1.165) is 47.3 Å². The molecule has 29 heavy (non-hydrogen) atoms. The van der Waals surface area contributed by atoms with Crippen LogP contribution in [0.15, 0.2) is 18.2 Å². The molecule has 0 aromatic heterocycles. The van der Waals surface area contributed by atoms with Crippen LogP contribution in [0.2, 0.25) is 0 Å². The van der Waals surface area contributed by atoms with E-state index in [1.807, 2.05) is 21.6 Å². The number of benzene rings is 1. The summed E-state index contributed by atoms with van der Waals surface area (Å²) >= 11 is 0. The number of aromatic carboxylic acids is 1. The SMILES string of the molecule is C[N+](C)(C)CCOC(=O)CCCC[C@@H]1CCSS1.O=C(O)c1ccc([O-])c(O)c1. The summed E-state index contributed by atoms with van der Waals surface area (Å²) in [5.74, 6) is -1.01. The third-order valence-corrected chi connectivity index (χ3v) is 7.12. The first kappa shape index (κ1) is 25.5. The predicted molar refractivity (Wildman–Crippen MR) is 115 cm³/mol. The topological polar surface area (TPSA) is 107 Å². The second-order valence-electron chi connectivity index (χ2n) is 7.80. The van der Waals surface area contributed by atoms with Crippen LogP contribution in [-0.2, 0) is 9.53 Å². The molecular formula is C20H31NO6S2. The fourth-order valence-electron chi connectivity index (χ4n) is 2.36. The maximum atomic E-state index is 11.5. The van der Waals surface area contributed by atoms with Gasteiger partial charge in [0.2, 0.25) is 0 Å². The minimum absolute atomic E-state index is 0.0306. The number of esters is 1. The first-order chi connectivity index (χ1) is 13.6. The molecule has 1 saturated heterocycles. The Bertz CT molecular complexity index is 657. The zero-order valence-corrected chi connectivity index (χ0v) is 18.9. The zero-order valence-electron chi connectivity index (χ0n) is 17.3. The largest absolute Gasteiger partial charge is 0.870 e. The lowest BCUT2D eigenvalue weighted by Gasteiger charge is -2.23. The molecule has 0 saturated carbocycles. The number of aromatic hydroxyl groups is 1. The molecule has 2 rings (SSSR count). The molecule has 0 bridgehead atoms. The van der Waals surface area contributed by atoms with E-state index >= 15 is 0 Å². The maximum Gasteiger partial charge on any atom is 0.335 e. The zero-order chi connectivity index (χ0) is 21.9. The van der Waals surface area contributed by atoms with Gasteiger partial charge in [0.15, 0.2) is 0 Å². The maximum absolute atomic E-state index is 11.5. The lowest BCUT2D eigenvalue weighted by Crippen LogP contribution is -2.38. The van der Waals surface area contributed by atoms with Crippen molar-refractivity contribution < 1.29 is 34.1 Å². The molecule has 0 unspecified atom stereocenters. The molecule has 9 heteroatoms. The molecule has 7 nitrogen and oxygen atoms in total. The number of phenols is 1. The molecule has 0 spiro atoms. The van der Waals surface area contributed by atoms with Crippen LogP contribution in [-0.4, -0.2) is 71.9 Å². The Labute approximate surface area is 180 Å². The van der Waals surface area contributed by atoms with E-state index in [2.05, 4.69) is 21.1 Å². The van der Waals surface area contributed by atoms with Crippen LogP contribution in [0.5, 0.6) is 11.5 Å². The average molecular weight is 446 g/mol. The molecule has 0 aliphatic carbocycles. The average Bonchev–Trinajstić information content (AvgIpc) is 3.14. The van der Waals surface area contributed by atoms with Crippen molar-refractivity contribution in [3.63, 3.8) is 0 Å². The van der Waals surface area contributed by atoms with Gasteiger partial charge in [0, 0.05) is 17.4 Å². The van der Waals surface area contributed by atoms with Crippen LogP contribution in [0.3, 0.4) is 0 Å². The van der Waals surface area contributed by atoms with E-state index in [1.165, 1.54) is 18.6 Å². The number of unbranched alkanes of at least 4 members (excludes halogenated alkanes) is 1. The van der Waals surface area contributed by atoms with Gasteiger partial charge >= 0.3 is 11.9 Å². The van der Waals surface area contributed by atoms with Gasteiger partial charge in [-0.25, -0.2) is 4.79 Å². The van der Waals surface area contributed by atoms with Crippen molar-refractivity contribution in [2.24, 2.45) is 0 Å². The highest BCUT2D eigenvalue weighted by Crippen LogP contribution is 2.39. The Kier molecular flexibility index (Phi) is 11.3. The lowest BCUT2D eigenvalue weighted by molar-refractivity contribution is -0.870. The van der Waals surface area contributed by atoms with Crippen molar-refractivity contribution in [3.8, 4) is 11.5 Å². The first-order valence-electron chi connectivity index (χ1n) is 9.56. The van der Waals surface area contributed by atoms with Crippen LogP contribution >= 0.6 is 21.6 Å².